The smallest absolute Gasteiger partial charge is 0.225 e. The molecule has 1 unspecified atom stereocenters. The molecule has 0 N–H and O–H groups in total. The van der Waals surface area contributed by atoms with Gasteiger partial charge in [0.25, 0.3) is 0 Å². The van der Waals surface area contributed by atoms with E-state index in [9.17, 15) is 9.59 Å². The number of carbonyl (C=O) groups excluding carboxylic acids is 2. The summed E-state index contributed by atoms with van der Waals surface area (Å²) >= 11 is 0. The van der Waals surface area contributed by atoms with Crippen LogP contribution in [-0.2, 0) is 14.3 Å². The first-order valence-electron chi connectivity index (χ1n) is 6.43. The van der Waals surface area contributed by atoms with Crippen molar-refractivity contribution in [3.8, 4) is 0 Å². The van der Waals surface area contributed by atoms with E-state index in [0.717, 1.165) is 32.2 Å². The van der Waals surface area contributed by atoms with Crippen LogP contribution in [0.5, 0.6) is 0 Å². The molecule has 0 spiro atoms. The van der Waals surface area contributed by atoms with Gasteiger partial charge >= 0.3 is 0 Å². The predicted octanol–water partition coefficient (Wildman–Crippen LogP) is 1.77. The van der Waals surface area contributed by atoms with E-state index in [4.69, 9.17) is 4.74 Å². The zero-order valence-corrected chi connectivity index (χ0v) is 10.9. The number of methoxy groups -OCH3 is 1. The van der Waals surface area contributed by atoms with Crippen LogP contribution in [0, 0.1) is 0 Å². The van der Waals surface area contributed by atoms with Crippen LogP contribution in [0.2, 0.25) is 0 Å². The first kappa shape index (κ1) is 14.2. The fourth-order valence-corrected chi connectivity index (χ4v) is 2.38. The van der Waals surface area contributed by atoms with E-state index in [1.165, 1.54) is 0 Å². The van der Waals surface area contributed by atoms with Crippen molar-refractivity contribution in [3.63, 3.8) is 0 Å². The molecule has 1 atom stereocenters. The minimum Gasteiger partial charge on any atom is -0.384 e. The van der Waals surface area contributed by atoms with E-state index >= 15 is 0 Å². The molecule has 1 heterocycles. The third kappa shape index (κ3) is 4.86. The number of ether oxygens (including phenoxy) is 1. The molecular weight excluding hydrogens is 218 g/mol. The van der Waals surface area contributed by atoms with Crippen LogP contribution < -0.4 is 0 Å². The van der Waals surface area contributed by atoms with E-state index < -0.39 is 0 Å². The Labute approximate surface area is 103 Å². The van der Waals surface area contributed by atoms with Crippen molar-refractivity contribution in [1.29, 1.82) is 0 Å². The van der Waals surface area contributed by atoms with Crippen LogP contribution in [0.15, 0.2) is 0 Å². The van der Waals surface area contributed by atoms with Gasteiger partial charge in [0.1, 0.15) is 5.78 Å². The Morgan fingerprint density at radius 1 is 1.29 bits per heavy atom. The number of likely N-dealkylation sites (tertiary alicyclic amines) is 1. The van der Waals surface area contributed by atoms with Crippen LogP contribution in [0.3, 0.4) is 0 Å². The molecule has 1 amide bonds. The zero-order chi connectivity index (χ0) is 12.7. The molecular formula is C13H23NO3. The Bertz CT molecular complexity index is 265. The molecule has 4 nitrogen and oxygen atoms in total. The number of hydrogen-bond donors (Lipinski definition) is 0. The van der Waals surface area contributed by atoms with Crippen LogP contribution in [-0.4, -0.2) is 42.9 Å². The standard InChI is InChI=1S/C13H23NO3/c1-11(15)10-12-6-4-3-5-8-14(12)13(16)7-9-17-2/h12H,3-10H2,1-2H3. The van der Waals surface area contributed by atoms with Gasteiger partial charge in [-0.05, 0) is 19.8 Å². The Kier molecular flexibility index (Phi) is 6.19. The van der Waals surface area contributed by atoms with Crippen molar-refractivity contribution < 1.29 is 14.3 Å². The fourth-order valence-electron chi connectivity index (χ4n) is 2.38. The van der Waals surface area contributed by atoms with Gasteiger partial charge in [0, 0.05) is 26.1 Å². The summed E-state index contributed by atoms with van der Waals surface area (Å²) in [5.74, 6) is 0.293. The van der Waals surface area contributed by atoms with Gasteiger partial charge < -0.3 is 9.64 Å². The first-order chi connectivity index (χ1) is 8.15. The summed E-state index contributed by atoms with van der Waals surface area (Å²) in [7, 11) is 1.60. The largest absolute Gasteiger partial charge is 0.384 e. The van der Waals surface area contributed by atoms with Crippen molar-refractivity contribution in [1.82, 2.24) is 4.90 Å². The quantitative estimate of drug-likeness (QED) is 0.737. The predicted molar refractivity (Wildman–Crippen MR) is 65.8 cm³/mol. The van der Waals surface area contributed by atoms with Crippen molar-refractivity contribution in [2.45, 2.75) is 51.5 Å². The summed E-state index contributed by atoms with van der Waals surface area (Å²) in [6.45, 7) is 2.85. The van der Waals surface area contributed by atoms with Gasteiger partial charge in [-0.3, -0.25) is 9.59 Å². The Morgan fingerprint density at radius 2 is 2.06 bits per heavy atom. The number of Topliss-reactive ketones (excluding diaryl/α,β-unsaturated/α-hetero) is 1. The molecule has 0 radical (unpaired) electrons. The minimum absolute atomic E-state index is 0.111. The van der Waals surface area contributed by atoms with Crippen LogP contribution in [0.4, 0.5) is 0 Å². The second-order valence-electron chi connectivity index (χ2n) is 4.74. The Balaban J connectivity index is 2.60. The van der Waals surface area contributed by atoms with E-state index in [1.54, 1.807) is 14.0 Å². The van der Waals surface area contributed by atoms with Crippen molar-refractivity contribution >= 4 is 11.7 Å². The van der Waals surface area contributed by atoms with Crippen LogP contribution in [0.25, 0.3) is 0 Å². The summed E-state index contributed by atoms with van der Waals surface area (Å²) in [5, 5.41) is 0. The van der Waals surface area contributed by atoms with E-state index in [-0.39, 0.29) is 17.7 Å². The average Bonchev–Trinajstić information content (AvgIpc) is 2.50. The van der Waals surface area contributed by atoms with E-state index in [2.05, 4.69) is 0 Å². The maximum Gasteiger partial charge on any atom is 0.225 e. The maximum absolute atomic E-state index is 12.0. The highest BCUT2D eigenvalue weighted by Crippen LogP contribution is 2.20. The highest BCUT2D eigenvalue weighted by molar-refractivity contribution is 5.79. The first-order valence-corrected chi connectivity index (χ1v) is 6.43. The van der Waals surface area contributed by atoms with Crippen molar-refractivity contribution in [2.24, 2.45) is 0 Å². The number of amides is 1. The Morgan fingerprint density at radius 3 is 2.71 bits per heavy atom. The molecule has 1 saturated heterocycles. The van der Waals surface area contributed by atoms with Gasteiger partial charge in [-0.15, -0.1) is 0 Å². The molecule has 17 heavy (non-hydrogen) atoms. The van der Waals surface area contributed by atoms with Gasteiger partial charge in [-0.2, -0.15) is 0 Å². The minimum atomic E-state index is 0.111. The summed E-state index contributed by atoms with van der Waals surface area (Å²) in [5.41, 5.74) is 0. The monoisotopic (exact) mass is 241 g/mol. The molecule has 4 heteroatoms. The average molecular weight is 241 g/mol. The zero-order valence-electron chi connectivity index (χ0n) is 10.9. The second-order valence-corrected chi connectivity index (χ2v) is 4.74. The molecule has 1 aliphatic heterocycles. The van der Waals surface area contributed by atoms with Crippen LogP contribution >= 0.6 is 0 Å². The summed E-state index contributed by atoms with van der Waals surface area (Å²) in [6, 6.07) is 0.111. The summed E-state index contributed by atoms with van der Waals surface area (Å²) in [4.78, 5) is 25.2. The van der Waals surface area contributed by atoms with Crippen molar-refractivity contribution in [3.05, 3.63) is 0 Å². The molecule has 1 fully saturated rings. The van der Waals surface area contributed by atoms with E-state index in [0.29, 0.717) is 19.4 Å². The lowest BCUT2D eigenvalue weighted by Crippen LogP contribution is -2.41. The lowest BCUT2D eigenvalue weighted by molar-refractivity contribution is -0.135. The molecule has 0 aliphatic carbocycles. The third-order valence-corrected chi connectivity index (χ3v) is 3.24. The number of hydrogen-bond acceptors (Lipinski definition) is 3. The van der Waals surface area contributed by atoms with E-state index in [1.807, 2.05) is 4.90 Å². The Hall–Kier alpha value is -0.900. The summed E-state index contributed by atoms with van der Waals surface area (Å²) in [6.07, 6.45) is 5.20. The lowest BCUT2D eigenvalue weighted by atomic mass is 10.0. The summed E-state index contributed by atoms with van der Waals surface area (Å²) < 4.78 is 4.94. The number of carbonyl (C=O) groups is 2. The number of ketones is 1. The van der Waals surface area contributed by atoms with Crippen molar-refractivity contribution in [2.75, 3.05) is 20.3 Å². The third-order valence-electron chi connectivity index (χ3n) is 3.24. The number of rotatable bonds is 5. The molecule has 98 valence electrons. The highest BCUT2D eigenvalue weighted by Gasteiger charge is 2.25. The van der Waals surface area contributed by atoms with Gasteiger partial charge in [0.2, 0.25) is 5.91 Å². The molecule has 0 saturated carbocycles. The van der Waals surface area contributed by atoms with Gasteiger partial charge in [-0.25, -0.2) is 0 Å². The highest BCUT2D eigenvalue weighted by atomic mass is 16.5. The number of nitrogens with zero attached hydrogens (tertiary/aromatic N) is 1. The van der Waals surface area contributed by atoms with Crippen LogP contribution in [0.1, 0.15) is 45.4 Å². The molecule has 1 rings (SSSR count). The molecule has 0 aromatic carbocycles. The normalized spacial score (nSPS) is 21.1. The molecule has 0 aromatic heterocycles. The molecule has 0 bridgehead atoms. The molecule has 1 aliphatic rings. The maximum atomic E-state index is 12.0. The van der Waals surface area contributed by atoms with Gasteiger partial charge in [0.05, 0.1) is 13.0 Å². The SMILES string of the molecule is COCCC(=O)N1CCCCCC1CC(C)=O. The van der Waals surface area contributed by atoms with Gasteiger partial charge in [-0.1, -0.05) is 12.8 Å². The second kappa shape index (κ2) is 7.43. The fraction of sp³-hybridized carbons (Fsp3) is 0.846. The van der Waals surface area contributed by atoms with Gasteiger partial charge in [0.15, 0.2) is 0 Å². The topological polar surface area (TPSA) is 46.6 Å². The lowest BCUT2D eigenvalue weighted by Gasteiger charge is -2.29. The molecule has 0 aromatic rings.